The average Bonchev–Trinajstić information content (AvgIpc) is 2.98. The molecular formula is C25H35N5O. The van der Waals surface area contributed by atoms with E-state index in [2.05, 4.69) is 48.0 Å². The van der Waals surface area contributed by atoms with E-state index in [1.165, 1.54) is 29.5 Å². The SMILES string of the molecule is CCCc1ccccc1C1Cc2nc(OC)nc(N3CC4CCC(C3)C4N)c2CN1C. The van der Waals surface area contributed by atoms with Gasteiger partial charge in [-0.3, -0.25) is 4.90 Å². The highest BCUT2D eigenvalue weighted by molar-refractivity contribution is 5.53. The highest BCUT2D eigenvalue weighted by Crippen LogP contribution is 2.41. The van der Waals surface area contributed by atoms with E-state index in [9.17, 15) is 0 Å². The van der Waals surface area contributed by atoms with Crippen molar-refractivity contribution >= 4 is 5.82 Å². The molecule has 1 aromatic carbocycles. The zero-order chi connectivity index (χ0) is 21.5. The summed E-state index contributed by atoms with van der Waals surface area (Å²) < 4.78 is 5.55. The maximum atomic E-state index is 6.47. The number of ether oxygens (including phenoxy) is 1. The lowest BCUT2D eigenvalue weighted by atomic mass is 9.89. The molecule has 3 unspecified atom stereocenters. The van der Waals surface area contributed by atoms with Crippen LogP contribution >= 0.6 is 0 Å². The Hall–Kier alpha value is -2.18. The standard InChI is InChI=1S/C25H35N5O/c1-4-7-16-8-5-6-9-19(16)22-12-21-20(15-29(22)2)24(28-25(27-21)31-3)30-13-17-10-11-18(14-30)23(17)26/h5-6,8-9,17-18,22-23H,4,7,10-15,26H2,1-3H3. The van der Waals surface area contributed by atoms with Gasteiger partial charge >= 0.3 is 6.01 Å². The predicted molar refractivity (Wildman–Crippen MR) is 123 cm³/mol. The Bertz CT molecular complexity index is 934. The van der Waals surface area contributed by atoms with Crippen molar-refractivity contribution in [2.75, 3.05) is 32.1 Å². The Morgan fingerprint density at radius 2 is 1.87 bits per heavy atom. The topological polar surface area (TPSA) is 67.5 Å². The lowest BCUT2D eigenvalue weighted by Crippen LogP contribution is -2.49. The van der Waals surface area contributed by atoms with E-state index in [1.807, 2.05) is 0 Å². The molecule has 2 bridgehead atoms. The van der Waals surface area contributed by atoms with Crippen molar-refractivity contribution in [3.8, 4) is 6.01 Å². The van der Waals surface area contributed by atoms with Gasteiger partial charge in [0.05, 0.1) is 12.8 Å². The van der Waals surface area contributed by atoms with Crippen LogP contribution in [0.5, 0.6) is 6.01 Å². The van der Waals surface area contributed by atoms with Gasteiger partial charge in [-0.2, -0.15) is 9.97 Å². The van der Waals surface area contributed by atoms with Crippen LogP contribution < -0.4 is 15.4 Å². The molecule has 166 valence electrons. The fraction of sp³-hybridized carbons (Fsp3) is 0.600. The Morgan fingerprint density at radius 1 is 1.13 bits per heavy atom. The van der Waals surface area contributed by atoms with Gasteiger partial charge in [-0.1, -0.05) is 37.6 Å². The number of anilines is 1. The molecule has 1 saturated heterocycles. The summed E-state index contributed by atoms with van der Waals surface area (Å²) in [5.41, 5.74) is 11.8. The molecule has 0 spiro atoms. The molecule has 2 aliphatic heterocycles. The molecule has 6 heteroatoms. The summed E-state index contributed by atoms with van der Waals surface area (Å²) in [7, 11) is 3.91. The molecule has 3 atom stereocenters. The lowest BCUT2D eigenvalue weighted by molar-refractivity contribution is 0.212. The van der Waals surface area contributed by atoms with Crippen molar-refractivity contribution in [2.45, 2.75) is 57.7 Å². The summed E-state index contributed by atoms with van der Waals surface area (Å²) in [6.07, 6.45) is 5.64. The number of piperidine rings is 1. The maximum Gasteiger partial charge on any atom is 0.318 e. The first kappa shape index (κ1) is 20.7. The fourth-order valence-electron chi connectivity index (χ4n) is 6.02. The number of aromatic nitrogens is 2. The molecule has 2 fully saturated rings. The van der Waals surface area contributed by atoms with Crippen molar-refractivity contribution < 1.29 is 4.74 Å². The van der Waals surface area contributed by atoms with E-state index in [1.54, 1.807) is 7.11 Å². The van der Waals surface area contributed by atoms with E-state index < -0.39 is 0 Å². The highest BCUT2D eigenvalue weighted by Gasteiger charge is 2.41. The number of aryl methyl sites for hydroxylation is 1. The first-order chi connectivity index (χ1) is 15.1. The maximum absolute atomic E-state index is 6.47. The fourth-order valence-corrected chi connectivity index (χ4v) is 6.02. The molecule has 1 aromatic heterocycles. The average molecular weight is 422 g/mol. The third-order valence-corrected chi connectivity index (χ3v) is 7.70. The van der Waals surface area contributed by atoms with Crippen LogP contribution in [0.25, 0.3) is 0 Å². The summed E-state index contributed by atoms with van der Waals surface area (Å²) in [6, 6.07) is 10.1. The normalized spacial score (nSPS) is 27.9. The zero-order valence-corrected chi connectivity index (χ0v) is 19.1. The van der Waals surface area contributed by atoms with Gasteiger partial charge in [-0.25, -0.2) is 0 Å². The second kappa shape index (κ2) is 8.40. The summed E-state index contributed by atoms with van der Waals surface area (Å²) in [4.78, 5) is 14.6. The summed E-state index contributed by atoms with van der Waals surface area (Å²) in [5, 5.41) is 0. The number of hydrogen-bond donors (Lipinski definition) is 1. The third kappa shape index (κ3) is 3.70. The van der Waals surface area contributed by atoms with E-state index >= 15 is 0 Å². The second-order valence-electron chi connectivity index (χ2n) is 9.62. The van der Waals surface area contributed by atoms with Crippen LogP contribution in [-0.2, 0) is 19.4 Å². The predicted octanol–water partition coefficient (Wildman–Crippen LogP) is 3.34. The van der Waals surface area contributed by atoms with Gasteiger partial charge in [-0.15, -0.1) is 0 Å². The van der Waals surface area contributed by atoms with E-state index in [0.717, 1.165) is 50.4 Å². The smallest absolute Gasteiger partial charge is 0.318 e. The number of fused-ring (bicyclic) bond motifs is 3. The van der Waals surface area contributed by atoms with E-state index in [-0.39, 0.29) is 0 Å². The van der Waals surface area contributed by atoms with Crippen molar-refractivity contribution in [3.05, 3.63) is 46.6 Å². The minimum Gasteiger partial charge on any atom is -0.467 e. The molecule has 0 amide bonds. The Morgan fingerprint density at radius 3 is 2.58 bits per heavy atom. The van der Waals surface area contributed by atoms with Crippen molar-refractivity contribution in [2.24, 2.45) is 17.6 Å². The quantitative estimate of drug-likeness (QED) is 0.799. The molecule has 2 N–H and O–H groups in total. The van der Waals surface area contributed by atoms with Crippen LogP contribution in [0.3, 0.4) is 0 Å². The van der Waals surface area contributed by atoms with Crippen LogP contribution in [0.4, 0.5) is 5.82 Å². The van der Waals surface area contributed by atoms with Crippen LogP contribution in [0.1, 0.15) is 54.6 Å². The molecule has 2 aromatic rings. The molecule has 1 saturated carbocycles. The molecule has 6 nitrogen and oxygen atoms in total. The summed E-state index contributed by atoms with van der Waals surface area (Å²) >= 11 is 0. The van der Waals surface area contributed by atoms with Gasteiger partial charge in [0.15, 0.2) is 0 Å². The number of nitrogens with two attached hydrogens (primary N) is 1. The van der Waals surface area contributed by atoms with Crippen LogP contribution in [0, 0.1) is 11.8 Å². The Kier molecular flexibility index (Phi) is 5.61. The lowest BCUT2D eigenvalue weighted by Gasteiger charge is -2.40. The van der Waals surface area contributed by atoms with Crippen LogP contribution in [0.2, 0.25) is 0 Å². The second-order valence-corrected chi connectivity index (χ2v) is 9.62. The van der Waals surface area contributed by atoms with Crippen LogP contribution in [-0.4, -0.2) is 48.2 Å². The molecule has 1 aliphatic carbocycles. The van der Waals surface area contributed by atoms with Gasteiger partial charge in [0.25, 0.3) is 0 Å². The summed E-state index contributed by atoms with van der Waals surface area (Å²) in [6.45, 7) is 5.10. The van der Waals surface area contributed by atoms with Gasteiger partial charge in [0.1, 0.15) is 5.82 Å². The van der Waals surface area contributed by atoms with Gasteiger partial charge in [0, 0.05) is 43.7 Å². The first-order valence-electron chi connectivity index (χ1n) is 11.8. The molecule has 31 heavy (non-hydrogen) atoms. The van der Waals surface area contributed by atoms with Crippen molar-refractivity contribution in [3.63, 3.8) is 0 Å². The number of methoxy groups -OCH3 is 1. The van der Waals surface area contributed by atoms with Crippen molar-refractivity contribution in [1.29, 1.82) is 0 Å². The minimum absolute atomic E-state index is 0.327. The number of nitrogens with zero attached hydrogens (tertiary/aromatic N) is 4. The number of hydrogen-bond acceptors (Lipinski definition) is 6. The number of likely N-dealkylation sites (N-methyl/N-ethyl adjacent to an activating group) is 1. The number of benzene rings is 1. The molecule has 3 heterocycles. The van der Waals surface area contributed by atoms with Crippen LogP contribution in [0.15, 0.2) is 24.3 Å². The largest absolute Gasteiger partial charge is 0.467 e. The third-order valence-electron chi connectivity index (χ3n) is 7.70. The van der Waals surface area contributed by atoms with Crippen molar-refractivity contribution in [1.82, 2.24) is 14.9 Å². The van der Waals surface area contributed by atoms with E-state index in [4.69, 9.17) is 20.4 Å². The monoisotopic (exact) mass is 421 g/mol. The highest BCUT2D eigenvalue weighted by atomic mass is 16.5. The molecule has 3 aliphatic rings. The van der Waals surface area contributed by atoms with E-state index in [0.29, 0.717) is 29.9 Å². The van der Waals surface area contributed by atoms with Gasteiger partial charge in [-0.05, 0) is 49.3 Å². The molecule has 5 rings (SSSR count). The summed E-state index contributed by atoms with van der Waals surface area (Å²) in [5.74, 6) is 2.22. The molecule has 0 radical (unpaired) electrons. The zero-order valence-electron chi connectivity index (χ0n) is 19.1. The Balaban J connectivity index is 1.50. The first-order valence-corrected chi connectivity index (χ1v) is 11.8. The number of rotatable bonds is 5. The molecular weight excluding hydrogens is 386 g/mol. The minimum atomic E-state index is 0.327. The Labute approximate surface area is 185 Å². The van der Waals surface area contributed by atoms with Gasteiger partial charge < -0.3 is 15.4 Å². The van der Waals surface area contributed by atoms with Gasteiger partial charge in [0.2, 0.25) is 0 Å².